The molecule has 4 rings (SSSR count). The van der Waals surface area contributed by atoms with Crippen LogP contribution in [0, 0.1) is 0 Å². The molecule has 0 spiro atoms. The Bertz CT molecular complexity index is 1430. The van der Waals surface area contributed by atoms with Crippen LogP contribution in [0.15, 0.2) is 56.7 Å². The van der Waals surface area contributed by atoms with Gasteiger partial charge in [0.2, 0.25) is 25.9 Å². The van der Waals surface area contributed by atoms with E-state index < -0.39 is 42.7 Å². The molecule has 0 unspecified atom stereocenters. The zero-order valence-corrected chi connectivity index (χ0v) is 20.9. The van der Waals surface area contributed by atoms with Gasteiger partial charge in [0.1, 0.15) is 0 Å². The minimum Gasteiger partial charge on any atom is -0.208 e. The van der Waals surface area contributed by atoms with Crippen LogP contribution in [-0.2, 0) is 26.2 Å². The van der Waals surface area contributed by atoms with Crippen molar-refractivity contribution < 1.29 is 30.0 Å². The summed E-state index contributed by atoms with van der Waals surface area (Å²) in [7, 11) is -8.42. The molecular formula is C19H18BrF3N6O4S2. The van der Waals surface area contributed by atoms with Gasteiger partial charge in [0.25, 0.3) is 0 Å². The number of tetrazole rings is 1. The highest BCUT2D eigenvalue weighted by molar-refractivity contribution is 9.10. The van der Waals surface area contributed by atoms with Crippen molar-refractivity contribution in [1.82, 2.24) is 29.7 Å². The molecule has 3 aromatic rings. The number of alkyl halides is 3. The first kappa shape index (κ1) is 25.7. The van der Waals surface area contributed by atoms with Crippen LogP contribution in [0.5, 0.6) is 0 Å². The van der Waals surface area contributed by atoms with Gasteiger partial charge < -0.3 is 0 Å². The number of benzene rings is 2. The average Bonchev–Trinajstić information content (AvgIpc) is 3.34. The Hall–Kier alpha value is -2.40. The molecule has 10 nitrogen and oxygen atoms in total. The van der Waals surface area contributed by atoms with Crippen molar-refractivity contribution in [2.75, 3.05) is 13.1 Å². The second kappa shape index (κ2) is 9.57. The fourth-order valence-electron chi connectivity index (χ4n) is 3.68. The van der Waals surface area contributed by atoms with Gasteiger partial charge in [-0.1, -0.05) is 28.1 Å². The van der Waals surface area contributed by atoms with Gasteiger partial charge in [-0.05, 0) is 48.4 Å². The summed E-state index contributed by atoms with van der Waals surface area (Å²) in [5.74, 6) is 0.223. The lowest BCUT2D eigenvalue weighted by molar-refractivity contribution is -0.139. The normalized spacial score (nSPS) is 16.5. The standard InChI is InChI=1S/C19H18BrF3N6O4S2/c20-13-4-5-17(16(11-13)19(21,22)23)34(30,31)26-14-6-8-29(9-7-14)35(32,33)15-3-1-2-12(10-15)18-24-27-28-25-18/h1-5,10-11,14,26H,6-9H2,(H,24,25,27,28). The van der Waals surface area contributed by atoms with Gasteiger partial charge in [0.15, 0.2) is 0 Å². The predicted molar refractivity (Wildman–Crippen MR) is 121 cm³/mol. The van der Waals surface area contributed by atoms with E-state index in [1.54, 1.807) is 6.07 Å². The molecule has 1 aromatic heterocycles. The third-order valence-electron chi connectivity index (χ3n) is 5.39. The first-order chi connectivity index (χ1) is 16.4. The summed E-state index contributed by atoms with van der Waals surface area (Å²) in [4.78, 5) is -0.884. The summed E-state index contributed by atoms with van der Waals surface area (Å²) < 4.78 is 95.5. The highest BCUT2D eigenvalue weighted by Gasteiger charge is 2.39. The molecule has 2 heterocycles. The number of nitrogens with zero attached hydrogens (tertiary/aromatic N) is 4. The van der Waals surface area contributed by atoms with E-state index in [2.05, 4.69) is 41.3 Å². The summed E-state index contributed by atoms with van der Waals surface area (Å²) in [6.07, 6.45) is -4.71. The largest absolute Gasteiger partial charge is 0.417 e. The molecule has 1 saturated heterocycles. The van der Waals surface area contributed by atoms with E-state index in [1.807, 2.05) is 0 Å². The van der Waals surface area contributed by atoms with Crippen LogP contribution in [0.3, 0.4) is 0 Å². The van der Waals surface area contributed by atoms with Gasteiger partial charge in [-0.25, -0.2) is 21.6 Å². The third kappa shape index (κ3) is 5.55. The van der Waals surface area contributed by atoms with Crippen molar-refractivity contribution in [2.24, 2.45) is 0 Å². The molecule has 2 aromatic carbocycles. The SMILES string of the molecule is O=S(=O)(NC1CCN(S(=O)(=O)c2cccc(-c3nn[nH]n3)c2)CC1)c1ccc(Br)cc1C(F)(F)F. The minimum atomic E-state index is -4.87. The number of hydrogen-bond acceptors (Lipinski definition) is 7. The van der Waals surface area contributed by atoms with E-state index in [9.17, 15) is 30.0 Å². The zero-order valence-electron chi connectivity index (χ0n) is 17.7. The summed E-state index contributed by atoms with van der Waals surface area (Å²) >= 11 is 2.92. The van der Waals surface area contributed by atoms with E-state index in [0.29, 0.717) is 11.6 Å². The number of nitrogens with one attached hydrogen (secondary N) is 2. The van der Waals surface area contributed by atoms with E-state index in [0.717, 1.165) is 6.07 Å². The Morgan fingerprint density at radius 1 is 1.06 bits per heavy atom. The van der Waals surface area contributed by atoms with Crippen molar-refractivity contribution in [3.63, 3.8) is 0 Å². The van der Waals surface area contributed by atoms with Crippen LogP contribution < -0.4 is 4.72 Å². The van der Waals surface area contributed by atoms with Crippen LogP contribution in [0.25, 0.3) is 11.4 Å². The van der Waals surface area contributed by atoms with Gasteiger partial charge in [0.05, 0.1) is 15.4 Å². The van der Waals surface area contributed by atoms with E-state index >= 15 is 0 Å². The molecule has 16 heteroatoms. The molecule has 2 N–H and O–H groups in total. The smallest absolute Gasteiger partial charge is 0.208 e. The average molecular weight is 595 g/mol. The van der Waals surface area contributed by atoms with Gasteiger partial charge in [-0.15, -0.1) is 10.2 Å². The molecule has 0 bridgehead atoms. The Morgan fingerprint density at radius 3 is 2.40 bits per heavy atom. The molecule has 0 radical (unpaired) electrons. The van der Waals surface area contributed by atoms with Crippen LogP contribution >= 0.6 is 15.9 Å². The van der Waals surface area contributed by atoms with E-state index in [-0.39, 0.29) is 41.1 Å². The molecule has 0 saturated carbocycles. The van der Waals surface area contributed by atoms with Crippen LogP contribution in [0.2, 0.25) is 0 Å². The fourth-order valence-corrected chi connectivity index (χ4v) is 7.07. The minimum absolute atomic E-state index is 0.00325. The number of H-pyrrole nitrogens is 1. The van der Waals surface area contributed by atoms with Crippen molar-refractivity contribution in [2.45, 2.75) is 34.9 Å². The Labute approximate surface area is 207 Å². The molecule has 1 aliphatic rings. The Morgan fingerprint density at radius 2 is 1.77 bits per heavy atom. The third-order valence-corrected chi connectivity index (χ3v) is 9.35. The first-order valence-corrected chi connectivity index (χ1v) is 13.8. The number of sulfonamides is 2. The highest BCUT2D eigenvalue weighted by Crippen LogP contribution is 2.36. The first-order valence-electron chi connectivity index (χ1n) is 10.1. The maximum Gasteiger partial charge on any atom is 0.417 e. The molecule has 188 valence electrons. The fraction of sp³-hybridized carbons (Fsp3) is 0.316. The molecule has 0 atom stereocenters. The number of piperidine rings is 1. The maximum absolute atomic E-state index is 13.4. The molecule has 35 heavy (non-hydrogen) atoms. The highest BCUT2D eigenvalue weighted by atomic mass is 79.9. The lowest BCUT2D eigenvalue weighted by atomic mass is 10.1. The lowest BCUT2D eigenvalue weighted by Gasteiger charge is -2.31. The van der Waals surface area contributed by atoms with Crippen molar-refractivity contribution >= 4 is 36.0 Å². The molecule has 0 amide bonds. The van der Waals surface area contributed by atoms with Gasteiger partial charge in [-0.2, -0.15) is 22.7 Å². The second-order valence-electron chi connectivity index (χ2n) is 7.70. The van der Waals surface area contributed by atoms with Crippen molar-refractivity contribution in [3.05, 3.63) is 52.5 Å². The zero-order chi connectivity index (χ0) is 25.4. The number of hydrogen-bond donors (Lipinski definition) is 2. The molecule has 1 aliphatic heterocycles. The van der Waals surface area contributed by atoms with Gasteiger partial charge in [0, 0.05) is 29.2 Å². The summed E-state index contributed by atoms with van der Waals surface area (Å²) in [6, 6.07) is 8.04. The van der Waals surface area contributed by atoms with Gasteiger partial charge in [-0.3, -0.25) is 0 Å². The second-order valence-corrected chi connectivity index (χ2v) is 12.2. The van der Waals surface area contributed by atoms with Crippen LogP contribution in [-0.4, -0.2) is 60.9 Å². The van der Waals surface area contributed by atoms with Crippen LogP contribution in [0.4, 0.5) is 13.2 Å². The predicted octanol–water partition coefficient (Wildman–Crippen LogP) is 2.78. The number of halogens is 4. The van der Waals surface area contributed by atoms with Crippen LogP contribution in [0.1, 0.15) is 18.4 Å². The summed E-state index contributed by atoms with van der Waals surface area (Å²) in [6.45, 7) is -0.0388. The number of aromatic amines is 1. The van der Waals surface area contributed by atoms with Crippen molar-refractivity contribution in [3.8, 4) is 11.4 Å². The molecule has 1 fully saturated rings. The van der Waals surface area contributed by atoms with Gasteiger partial charge >= 0.3 is 6.18 Å². The lowest BCUT2D eigenvalue weighted by Crippen LogP contribution is -2.46. The summed E-state index contributed by atoms with van der Waals surface area (Å²) in [5, 5.41) is 13.4. The summed E-state index contributed by atoms with van der Waals surface area (Å²) in [5.41, 5.74) is -0.849. The topological polar surface area (TPSA) is 138 Å². The van der Waals surface area contributed by atoms with E-state index in [1.165, 1.54) is 28.6 Å². The number of rotatable bonds is 6. The monoisotopic (exact) mass is 594 g/mol. The Balaban J connectivity index is 1.47. The molecular weight excluding hydrogens is 577 g/mol. The van der Waals surface area contributed by atoms with Crippen molar-refractivity contribution in [1.29, 1.82) is 0 Å². The quantitative estimate of drug-likeness (QED) is 0.447. The van der Waals surface area contributed by atoms with E-state index in [4.69, 9.17) is 0 Å². The number of aromatic nitrogens is 4. The maximum atomic E-state index is 13.4. The molecule has 0 aliphatic carbocycles. The Kier molecular flexibility index (Phi) is 7.02.